The lowest BCUT2D eigenvalue weighted by atomic mass is 9.60. The van der Waals surface area contributed by atoms with Crippen molar-refractivity contribution in [2.75, 3.05) is 26.4 Å². The molecule has 3 heteroatoms. The SMILES string of the molecule is C/C=C\c1[nH]c2c(c1CC)CCSC21CCC(C)(c2ccccc2)C(CN(C)C)C1. The van der Waals surface area contributed by atoms with Crippen molar-refractivity contribution < 1.29 is 0 Å². The van der Waals surface area contributed by atoms with E-state index in [9.17, 15) is 0 Å². The van der Waals surface area contributed by atoms with E-state index in [1.54, 1.807) is 16.8 Å². The number of aromatic amines is 1. The van der Waals surface area contributed by atoms with Crippen LogP contribution in [0, 0.1) is 5.92 Å². The fraction of sp³-hybridized carbons (Fsp3) is 0.556. The average molecular weight is 423 g/mol. The quantitative estimate of drug-likeness (QED) is 0.600. The lowest BCUT2D eigenvalue weighted by Gasteiger charge is -2.52. The van der Waals surface area contributed by atoms with Crippen LogP contribution in [0.3, 0.4) is 0 Å². The second kappa shape index (κ2) is 8.59. The molecule has 30 heavy (non-hydrogen) atoms. The van der Waals surface area contributed by atoms with E-state index >= 15 is 0 Å². The normalized spacial score (nSPS) is 29.1. The van der Waals surface area contributed by atoms with Crippen molar-refractivity contribution in [3.63, 3.8) is 0 Å². The van der Waals surface area contributed by atoms with Gasteiger partial charge in [0.25, 0.3) is 0 Å². The van der Waals surface area contributed by atoms with Gasteiger partial charge in [-0.1, -0.05) is 50.3 Å². The van der Waals surface area contributed by atoms with Crippen molar-refractivity contribution in [2.45, 2.75) is 63.0 Å². The Balaban J connectivity index is 1.76. The van der Waals surface area contributed by atoms with E-state index < -0.39 is 0 Å². The molecule has 1 fully saturated rings. The number of aromatic nitrogens is 1. The van der Waals surface area contributed by atoms with Crippen LogP contribution < -0.4 is 0 Å². The molecule has 1 aliphatic heterocycles. The Bertz CT molecular complexity index is 897. The first-order chi connectivity index (χ1) is 14.4. The predicted molar refractivity (Wildman–Crippen MR) is 132 cm³/mol. The Labute approximate surface area is 187 Å². The maximum atomic E-state index is 3.93. The Hall–Kier alpha value is -1.45. The number of fused-ring (bicyclic) bond motifs is 2. The number of benzene rings is 1. The average Bonchev–Trinajstić information content (AvgIpc) is 3.10. The lowest BCUT2D eigenvalue weighted by molar-refractivity contribution is 0.133. The number of nitrogens with one attached hydrogen (secondary N) is 1. The Morgan fingerprint density at radius 3 is 2.63 bits per heavy atom. The Morgan fingerprint density at radius 2 is 1.97 bits per heavy atom. The van der Waals surface area contributed by atoms with Crippen molar-refractivity contribution in [2.24, 2.45) is 5.92 Å². The summed E-state index contributed by atoms with van der Waals surface area (Å²) in [6.07, 6.45) is 10.6. The van der Waals surface area contributed by atoms with Crippen LogP contribution in [0.1, 0.15) is 68.1 Å². The summed E-state index contributed by atoms with van der Waals surface area (Å²) in [5, 5.41) is 0. The van der Waals surface area contributed by atoms with Gasteiger partial charge in [0.05, 0.1) is 4.75 Å². The third kappa shape index (κ3) is 3.69. The summed E-state index contributed by atoms with van der Waals surface area (Å²) in [4.78, 5) is 6.33. The van der Waals surface area contributed by atoms with E-state index in [-0.39, 0.29) is 10.2 Å². The maximum Gasteiger partial charge on any atom is 0.0565 e. The van der Waals surface area contributed by atoms with Gasteiger partial charge in [-0.3, -0.25) is 0 Å². The van der Waals surface area contributed by atoms with Gasteiger partial charge < -0.3 is 9.88 Å². The molecule has 0 amide bonds. The van der Waals surface area contributed by atoms with Gasteiger partial charge in [0.1, 0.15) is 0 Å². The summed E-state index contributed by atoms with van der Waals surface area (Å²) in [5.74, 6) is 1.89. The van der Waals surface area contributed by atoms with Crippen LogP contribution in [0.2, 0.25) is 0 Å². The smallest absolute Gasteiger partial charge is 0.0565 e. The molecule has 3 atom stereocenters. The van der Waals surface area contributed by atoms with E-state index in [0.29, 0.717) is 5.92 Å². The summed E-state index contributed by atoms with van der Waals surface area (Å²) in [5.41, 5.74) is 7.86. The van der Waals surface area contributed by atoms with E-state index in [4.69, 9.17) is 0 Å². The van der Waals surface area contributed by atoms with Crippen molar-refractivity contribution in [1.82, 2.24) is 9.88 Å². The van der Waals surface area contributed by atoms with E-state index in [1.165, 1.54) is 42.7 Å². The van der Waals surface area contributed by atoms with E-state index in [0.717, 1.165) is 13.0 Å². The van der Waals surface area contributed by atoms with Gasteiger partial charge in [-0.15, -0.1) is 11.8 Å². The number of rotatable bonds is 5. The molecule has 0 bridgehead atoms. The largest absolute Gasteiger partial charge is 0.357 e. The fourth-order valence-electron chi connectivity index (χ4n) is 6.05. The minimum atomic E-state index is 0.237. The van der Waals surface area contributed by atoms with Crippen LogP contribution in [-0.2, 0) is 23.0 Å². The van der Waals surface area contributed by atoms with Crippen molar-refractivity contribution in [3.8, 4) is 0 Å². The van der Waals surface area contributed by atoms with Crippen LogP contribution in [0.5, 0.6) is 0 Å². The Kier molecular flexibility index (Phi) is 6.23. The molecule has 1 aromatic heterocycles. The van der Waals surface area contributed by atoms with E-state index in [2.05, 4.69) is 99.0 Å². The standard InChI is InChI=1S/C27H38N2S/c1-6-11-24-22(7-2)23-14-17-30-27(25(23)28-24)16-15-26(3,20-12-9-8-10-13-20)21(18-27)19-29(4)5/h6,8-13,21,28H,7,14-19H2,1-5H3/b11-6-. The lowest BCUT2D eigenvalue weighted by Crippen LogP contribution is -2.48. The minimum Gasteiger partial charge on any atom is -0.357 e. The second-order valence-corrected chi connectivity index (χ2v) is 11.2. The van der Waals surface area contributed by atoms with Crippen LogP contribution in [0.4, 0.5) is 0 Å². The number of hydrogen-bond acceptors (Lipinski definition) is 2. The fourth-order valence-corrected chi connectivity index (χ4v) is 7.63. The highest BCUT2D eigenvalue weighted by molar-refractivity contribution is 8.00. The zero-order valence-corrected chi connectivity index (χ0v) is 20.2. The van der Waals surface area contributed by atoms with Gasteiger partial charge in [-0.2, -0.15) is 0 Å². The van der Waals surface area contributed by atoms with Gasteiger partial charge >= 0.3 is 0 Å². The van der Waals surface area contributed by atoms with Gasteiger partial charge in [-0.25, -0.2) is 0 Å². The van der Waals surface area contributed by atoms with Crippen LogP contribution in [-0.4, -0.2) is 36.3 Å². The van der Waals surface area contributed by atoms with Crippen LogP contribution in [0.15, 0.2) is 36.4 Å². The summed E-state index contributed by atoms with van der Waals surface area (Å²) < 4.78 is 0.242. The topological polar surface area (TPSA) is 19.0 Å². The van der Waals surface area contributed by atoms with Gasteiger partial charge in [-0.05, 0) is 93.0 Å². The first-order valence-corrected chi connectivity index (χ1v) is 12.6. The summed E-state index contributed by atoms with van der Waals surface area (Å²) >= 11 is 2.23. The number of hydrogen-bond donors (Lipinski definition) is 1. The molecular weight excluding hydrogens is 384 g/mol. The van der Waals surface area contributed by atoms with Gasteiger partial charge in [0, 0.05) is 17.9 Å². The molecule has 2 nitrogen and oxygen atoms in total. The summed E-state index contributed by atoms with van der Waals surface area (Å²) in [6.45, 7) is 8.11. The molecule has 1 N–H and O–H groups in total. The number of H-pyrrole nitrogens is 1. The molecule has 162 valence electrons. The van der Waals surface area contributed by atoms with E-state index in [1.807, 2.05) is 0 Å². The first-order valence-electron chi connectivity index (χ1n) is 11.6. The van der Waals surface area contributed by atoms with Crippen molar-refractivity contribution >= 4 is 17.8 Å². The second-order valence-electron chi connectivity index (χ2n) is 9.76. The molecule has 2 aliphatic rings. The molecular formula is C27H38N2S. The zero-order chi connectivity index (χ0) is 21.4. The molecule has 2 heterocycles. The molecule has 3 unspecified atom stereocenters. The van der Waals surface area contributed by atoms with Gasteiger partial charge in [0.2, 0.25) is 0 Å². The predicted octanol–water partition coefficient (Wildman–Crippen LogP) is 6.41. The van der Waals surface area contributed by atoms with Gasteiger partial charge in [0.15, 0.2) is 0 Å². The highest BCUT2D eigenvalue weighted by Crippen LogP contribution is 2.58. The minimum absolute atomic E-state index is 0.237. The number of nitrogens with zero attached hydrogens (tertiary/aromatic N) is 1. The van der Waals surface area contributed by atoms with Crippen LogP contribution in [0.25, 0.3) is 6.08 Å². The zero-order valence-electron chi connectivity index (χ0n) is 19.4. The molecule has 1 spiro atoms. The number of thioether (sulfide) groups is 1. The Morgan fingerprint density at radius 1 is 1.20 bits per heavy atom. The van der Waals surface area contributed by atoms with Crippen molar-refractivity contribution in [1.29, 1.82) is 0 Å². The summed E-state index contributed by atoms with van der Waals surface area (Å²) in [6, 6.07) is 11.3. The molecule has 2 aromatic rings. The third-order valence-corrected chi connectivity index (χ3v) is 9.20. The first kappa shape index (κ1) is 21.8. The summed E-state index contributed by atoms with van der Waals surface area (Å²) in [7, 11) is 4.47. The molecule has 4 rings (SSSR count). The van der Waals surface area contributed by atoms with Crippen LogP contribution >= 0.6 is 11.8 Å². The van der Waals surface area contributed by atoms with Crippen molar-refractivity contribution in [3.05, 3.63) is 64.5 Å². The highest BCUT2D eigenvalue weighted by atomic mass is 32.2. The monoisotopic (exact) mass is 422 g/mol. The highest BCUT2D eigenvalue weighted by Gasteiger charge is 2.51. The molecule has 0 saturated heterocycles. The number of allylic oxidation sites excluding steroid dienone is 1. The maximum absolute atomic E-state index is 3.93. The molecule has 1 aromatic carbocycles. The molecule has 1 saturated carbocycles. The third-order valence-electron chi connectivity index (χ3n) is 7.67. The molecule has 0 radical (unpaired) electrons. The molecule has 1 aliphatic carbocycles.